The van der Waals surface area contributed by atoms with Gasteiger partial charge in [0, 0.05) is 5.56 Å². The highest BCUT2D eigenvalue weighted by molar-refractivity contribution is 6.21. The molecule has 1 unspecified atom stereocenters. The summed E-state index contributed by atoms with van der Waals surface area (Å²) < 4.78 is 18.8. The standard InChI is InChI=1S/C17H16ClFO/c1-20-16-7-6-14(19)10-15(16)17(18)13-8-11-4-2-3-5-12(11)9-13/h2-7,10,13,17H,8-9H2,1H3. The van der Waals surface area contributed by atoms with Crippen molar-refractivity contribution in [1.82, 2.24) is 0 Å². The van der Waals surface area contributed by atoms with Crippen molar-refractivity contribution in [3.8, 4) is 5.75 Å². The first-order chi connectivity index (χ1) is 9.69. The molecule has 0 aromatic heterocycles. The first-order valence-electron chi connectivity index (χ1n) is 6.73. The van der Waals surface area contributed by atoms with E-state index < -0.39 is 0 Å². The number of halogens is 2. The van der Waals surface area contributed by atoms with E-state index in [1.807, 2.05) is 12.1 Å². The van der Waals surface area contributed by atoms with E-state index in [-0.39, 0.29) is 17.1 Å². The van der Waals surface area contributed by atoms with Crippen molar-refractivity contribution in [3.63, 3.8) is 0 Å². The smallest absolute Gasteiger partial charge is 0.123 e. The Balaban J connectivity index is 1.88. The third-order valence-electron chi connectivity index (χ3n) is 3.99. The molecule has 1 nitrogen and oxygen atoms in total. The maximum absolute atomic E-state index is 13.5. The van der Waals surface area contributed by atoms with E-state index in [9.17, 15) is 4.39 Å². The molecule has 3 heteroatoms. The minimum absolute atomic E-state index is 0.243. The van der Waals surface area contributed by atoms with Crippen LogP contribution in [0.25, 0.3) is 0 Å². The minimum Gasteiger partial charge on any atom is -0.496 e. The third-order valence-corrected chi connectivity index (χ3v) is 4.58. The van der Waals surface area contributed by atoms with E-state index >= 15 is 0 Å². The van der Waals surface area contributed by atoms with Crippen molar-refractivity contribution in [3.05, 3.63) is 65.0 Å². The van der Waals surface area contributed by atoms with Gasteiger partial charge in [-0.25, -0.2) is 4.39 Å². The maximum Gasteiger partial charge on any atom is 0.123 e. The van der Waals surface area contributed by atoms with Crippen LogP contribution in [0.3, 0.4) is 0 Å². The van der Waals surface area contributed by atoms with Crippen molar-refractivity contribution in [2.45, 2.75) is 18.2 Å². The molecular formula is C17H16ClFO. The lowest BCUT2D eigenvalue weighted by Gasteiger charge is -2.19. The van der Waals surface area contributed by atoms with Gasteiger partial charge >= 0.3 is 0 Å². The number of alkyl halides is 1. The summed E-state index contributed by atoms with van der Waals surface area (Å²) in [5.74, 6) is 0.661. The Hall–Kier alpha value is -1.54. The minimum atomic E-state index is -0.276. The number of ether oxygens (including phenoxy) is 1. The molecule has 1 aliphatic rings. The average Bonchev–Trinajstić information content (AvgIpc) is 2.90. The molecule has 2 aromatic carbocycles. The van der Waals surface area contributed by atoms with Crippen LogP contribution in [0.5, 0.6) is 5.75 Å². The fourth-order valence-corrected chi connectivity index (χ4v) is 3.32. The van der Waals surface area contributed by atoms with Gasteiger partial charge in [-0.15, -0.1) is 11.6 Å². The molecule has 1 atom stereocenters. The number of hydrogen-bond donors (Lipinski definition) is 0. The molecule has 0 saturated carbocycles. The summed E-state index contributed by atoms with van der Waals surface area (Å²) in [5.41, 5.74) is 3.43. The first-order valence-corrected chi connectivity index (χ1v) is 7.17. The van der Waals surface area contributed by atoms with Gasteiger partial charge in [-0.1, -0.05) is 24.3 Å². The van der Waals surface area contributed by atoms with Crippen LogP contribution < -0.4 is 4.74 Å². The van der Waals surface area contributed by atoms with Crippen molar-refractivity contribution < 1.29 is 9.13 Å². The highest BCUT2D eigenvalue weighted by Gasteiger charge is 2.30. The van der Waals surface area contributed by atoms with Gasteiger partial charge in [0.05, 0.1) is 12.5 Å². The Morgan fingerprint density at radius 2 is 1.80 bits per heavy atom. The van der Waals surface area contributed by atoms with Crippen molar-refractivity contribution in [1.29, 1.82) is 0 Å². The van der Waals surface area contributed by atoms with Gasteiger partial charge in [-0.05, 0) is 48.1 Å². The van der Waals surface area contributed by atoms with Gasteiger partial charge in [-0.3, -0.25) is 0 Å². The fourth-order valence-electron chi connectivity index (χ4n) is 2.97. The molecule has 0 heterocycles. The lowest BCUT2D eigenvalue weighted by molar-refractivity contribution is 0.401. The summed E-state index contributed by atoms with van der Waals surface area (Å²) in [6.45, 7) is 0. The SMILES string of the molecule is COc1ccc(F)cc1C(Cl)C1Cc2ccccc2C1. The molecule has 0 bridgehead atoms. The number of benzene rings is 2. The molecule has 0 N–H and O–H groups in total. The summed E-state index contributed by atoms with van der Waals surface area (Å²) in [5, 5.41) is -0.243. The van der Waals surface area contributed by atoms with Gasteiger partial charge < -0.3 is 4.74 Å². The van der Waals surface area contributed by atoms with Crippen LogP contribution in [-0.2, 0) is 12.8 Å². The van der Waals surface area contributed by atoms with Crippen LogP contribution in [0.15, 0.2) is 42.5 Å². The van der Waals surface area contributed by atoms with Crippen LogP contribution in [0.2, 0.25) is 0 Å². The Labute approximate surface area is 123 Å². The topological polar surface area (TPSA) is 9.23 Å². The normalized spacial score (nSPS) is 15.9. The molecule has 0 fully saturated rings. The van der Waals surface area contributed by atoms with Gasteiger partial charge in [0.15, 0.2) is 0 Å². The molecule has 20 heavy (non-hydrogen) atoms. The van der Waals surface area contributed by atoms with E-state index in [2.05, 4.69) is 12.1 Å². The lowest BCUT2D eigenvalue weighted by Crippen LogP contribution is -2.09. The van der Waals surface area contributed by atoms with Crippen molar-refractivity contribution >= 4 is 11.6 Å². The van der Waals surface area contributed by atoms with Crippen molar-refractivity contribution in [2.24, 2.45) is 5.92 Å². The van der Waals surface area contributed by atoms with E-state index in [4.69, 9.17) is 16.3 Å². The molecule has 0 radical (unpaired) electrons. The third kappa shape index (κ3) is 2.40. The summed E-state index contributed by atoms with van der Waals surface area (Å²) in [6, 6.07) is 12.9. The van der Waals surface area contributed by atoms with Crippen LogP contribution in [0, 0.1) is 11.7 Å². The molecule has 0 aliphatic heterocycles. The lowest BCUT2D eigenvalue weighted by atomic mass is 9.95. The fraction of sp³-hybridized carbons (Fsp3) is 0.294. The zero-order valence-electron chi connectivity index (χ0n) is 11.3. The van der Waals surface area contributed by atoms with Gasteiger partial charge in [0.1, 0.15) is 11.6 Å². The second kappa shape index (κ2) is 5.45. The highest BCUT2D eigenvalue weighted by Crippen LogP contribution is 2.42. The second-order valence-electron chi connectivity index (χ2n) is 5.23. The number of hydrogen-bond acceptors (Lipinski definition) is 1. The molecule has 104 valence electrons. The molecule has 2 aromatic rings. The molecule has 3 rings (SSSR count). The zero-order valence-corrected chi connectivity index (χ0v) is 12.0. The molecule has 1 aliphatic carbocycles. The molecule has 0 saturated heterocycles. The Morgan fingerprint density at radius 1 is 1.15 bits per heavy atom. The predicted molar refractivity (Wildman–Crippen MR) is 78.9 cm³/mol. The maximum atomic E-state index is 13.5. The van der Waals surface area contributed by atoms with Crippen LogP contribution >= 0.6 is 11.6 Å². The van der Waals surface area contributed by atoms with Gasteiger partial charge in [0.2, 0.25) is 0 Å². The van der Waals surface area contributed by atoms with Crippen LogP contribution in [0.1, 0.15) is 22.1 Å². The van der Waals surface area contributed by atoms with Gasteiger partial charge in [-0.2, -0.15) is 0 Å². The van der Waals surface area contributed by atoms with Crippen LogP contribution in [0.4, 0.5) is 4.39 Å². The van der Waals surface area contributed by atoms with Crippen LogP contribution in [-0.4, -0.2) is 7.11 Å². The second-order valence-corrected chi connectivity index (χ2v) is 5.70. The summed E-state index contributed by atoms with van der Waals surface area (Å²) >= 11 is 6.61. The number of fused-ring (bicyclic) bond motifs is 1. The summed E-state index contributed by atoms with van der Waals surface area (Å²) in [4.78, 5) is 0. The highest BCUT2D eigenvalue weighted by atomic mass is 35.5. The zero-order chi connectivity index (χ0) is 14.1. The Kier molecular flexibility index (Phi) is 3.66. The summed E-state index contributed by atoms with van der Waals surface area (Å²) in [7, 11) is 1.59. The first kappa shape index (κ1) is 13.4. The largest absolute Gasteiger partial charge is 0.496 e. The molecule has 0 spiro atoms. The quantitative estimate of drug-likeness (QED) is 0.755. The van der Waals surface area contributed by atoms with E-state index in [1.165, 1.54) is 23.3 Å². The van der Waals surface area contributed by atoms with E-state index in [0.29, 0.717) is 5.75 Å². The number of methoxy groups -OCH3 is 1. The molecular weight excluding hydrogens is 275 g/mol. The van der Waals surface area contributed by atoms with E-state index in [1.54, 1.807) is 13.2 Å². The van der Waals surface area contributed by atoms with Crippen molar-refractivity contribution in [2.75, 3.05) is 7.11 Å². The van der Waals surface area contributed by atoms with E-state index in [0.717, 1.165) is 18.4 Å². The Bertz CT molecular complexity index is 601. The summed E-state index contributed by atoms with van der Waals surface area (Å²) in [6.07, 6.45) is 1.87. The number of rotatable bonds is 3. The van der Waals surface area contributed by atoms with Gasteiger partial charge in [0.25, 0.3) is 0 Å². The Morgan fingerprint density at radius 3 is 2.40 bits per heavy atom. The predicted octanol–water partition coefficient (Wildman–Crippen LogP) is 4.53. The average molecular weight is 291 g/mol. The molecule has 0 amide bonds. The monoisotopic (exact) mass is 290 g/mol.